The molecule has 1 aromatic carbocycles. The van der Waals surface area contributed by atoms with Crippen molar-refractivity contribution in [1.82, 2.24) is 9.97 Å². The first-order chi connectivity index (χ1) is 9.07. The highest BCUT2D eigenvalue weighted by molar-refractivity contribution is 5.59. The van der Waals surface area contributed by atoms with E-state index in [4.69, 9.17) is 5.73 Å². The summed E-state index contributed by atoms with van der Waals surface area (Å²) in [6.07, 6.45) is 3.56. The lowest BCUT2D eigenvalue weighted by Gasteiger charge is -2.05. The van der Waals surface area contributed by atoms with Crippen LogP contribution in [0.5, 0.6) is 5.75 Å². The molecule has 1 heterocycles. The number of nitrogens with zero attached hydrogens (tertiary/aromatic N) is 1. The van der Waals surface area contributed by atoms with E-state index in [1.807, 2.05) is 0 Å². The molecule has 100 valence electrons. The van der Waals surface area contributed by atoms with Gasteiger partial charge in [0.15, 0.2) is 0 Å². The van der Waals surface area contributed by atoms with Crippen LogP contribution in [-0.2, 0) is 5.54 Å². The number of hydrogen-bond acceptors (Lipinski definition) is 3. The summed E-state index contributed by atoms with van der Waals surface area (Å²) < 4.78 is 28.4. The Morgan fingerprint density at radius 3 is 2.53 bits per heavy atom. The van der Waals surface area contributed by atoms with Crippen molar-refractivity contribution in [2.45, 2.75) is 25.0 Å². The summed E-state index contributed by atoms with van der Waals surface area (Å²) in [7, 11) is 0. The summed E-state index contributed by atoms with van der Waals surface area (Å²) in [5, 5.41) is 0. The molecule has 3 N–H and O–H groups in total. The van der Waals surface area contributed by atoms with Gasteiger partial charge in [-0.3, -0.25) is 0 Å². The predicted molar refractivity (Wildman–Crippen MR) is 65.8 cm³/mol. The van der Waals surface area contributed by atoms with Crippen molar-refractivity contribution in [3.8, 4) is 17.0 Å². The highest BCUT2D eigenvalue weighted by Gasteiger charge is 2.42. The summed E-state index contributed by atoms with van der Waals surface area (Å²) in [5.41, 5.74) is 7.40. The van der Waals surface area contributed by atoms with Gasteiger partial charge < -0.3 is 15.5 Å². The van der Waals surface area contributed by atoms with Crippen molar-refractivity contribution in [1.29, 1.82) is 0 Å². The molecule has 19 heavy (non-hydrogen) atoms. The van der Waals surface area contributed by atoms with Crippen molar-refractivity contribution in [2.75, 3.05) is 0 Å². The molecule has 0 amide bonds. The zero-order valence-electron chi connectivity index (χ0n) is 10.1. The van der Waals surface area contributed by atoms with Crippen molar-refractivity contribution < 1.29 is 13.5 Å². The van der Waals surface area contributed by atoms with Gasteiger partial charge in [0.2, 0.25) is 0 Å². The number of nitrogens with one attached hydrogen (secondary N) is 1. The Morgan fingerprint density at radius 1 is 1.26 bits per heavy atom. The molecule has 0 bridgehead atoms. The van der Waals surface area contributed by atoms with Crippen LogP contribution in [0.3, 0.4) is 0 Å². The number of benzene rings is 1. The van der Waals surface area contributed by atoms with Crippen molar-refractivity contribution in [3.05, 3.63) is 36.3 Å². The SMILES string of the molecule is NC1(c2ncc(-c3ccc(OC(F)F)cc3)[nH]2)CC1. The summed E-state index contributed by atoms with van der Waals surface area (Å²) in [6.45, 7) is -2.81. The number of aromatic nitrogens is 2. The minimum Gasteiger partial charge on any atom is -0.435 e. The summed E-state index contributed by atoms with van der Waals surface area (Å²) in [6, 6.07) is 6.39. The van der Waals surface area contributed by atoms with E-state index >= 15 is 0 Å². The molecule has 0 atom stereocenters. The van der Waals surface area contributed by atoms with Crippen LogP contribution in [0.15, 0.2) is 30.5 Å². The molecule has 0 spiro atoms. The van der Waals surface area contributed by atoms with Gasteiger partial charge in [-0.25, -0.2) is 4.98 Å². The highest BCUT2D eigenvalue weighted by Crippen LogP contribution is 2.41. The summed E-state index contributed by atoms with van der Waals surface area (Å²) >= 11 is 0. The van der Waals surface area contributed by atoms with Crippen molar-refractivity contribution in [2.24, 2.45) is 5.73 Å². The first kappa shape index (κ1) is 12.1. The van der Waals surface area contributed by atoms with Crippen molar-refractivity contribution in [3.63, 3.8) is 0 Å². The Kier molecular flexibility index (Phi) is 2.74. The number of alkyl halides is 2. The topological polar surface area (TPSA) is 63.9 Å². The van der Waals surface area contributed by atoms with Gasteiger partial charge in [-0.1, -0.05) is 0 Å². The number of aromatic amines is 1. The fourth-order valence-electron chi connectivity index (χ4n) is 1.91. The zero-order chi connectivity index (χ0) is 13.5. The number of H-pyrrole nitrogens is 1. The third kappa shape index (κ3) is 2.44. The number of rotatable bonds is 4. The molecule has 3 rings (SSSR count). The average Bonchev–Trinajstić information content (AvgIpc) is 2.93. The van der Waals surface area contributed by atoms with Crippen LogP contribution in [-0.4, -0.2) is 16.6 Å². The van der Waals surface area contributed by atoms with E-state index in [1.54, 1.807) is 18.3 Å². The Balaban J connectivity index is 1.80. The molecule has 1 aromatic heterocycles. The molecule has 6 heteroatoms. The van der Waals surface area contributed by atoms with Gasteiger partial charge in [0, 0.05) is 0 Å². The summed E-state index contributed by atoms with van der Waals surface area (Å²) in [4.78, 5) is 7.43. The lowest BCUT2D eigenvalue weighted by molar-refractivity contribution is -0.0498. The Morgan fingerprint density at radius 2 is 1.95 bits per heavy atom. The zero-order valence-corrected chi connectivity index (χ0v) is 10.1. The molecule has 0 aliphatic heterocycles. The third-order valence-electron chi connectivity index (χ3n) is 3.23. The monoisotopic (exact) mass is 265 g/mol. The van der Waals surface area contributed by atoms with Crippen LogP contribution in [0.4, 0.5) is 8.78 Å². The lowest BCUT2D eigenvalue weighted by Crippen LogP contribution is -2.20. The van der Waals surface area contributed by atoms with Crippen LogP contribution in [0.1, 0.15) is 18.7 Å². The van der Waals surface area contributed by atoms with E-state index in [9.17, 15) is 8.78 Å². The van der Waals surface area contributed by atoms with Gasteiger partial charge in [-0.05, 0) is 42.7 Å². The molecule has 1 aliphatic rings. The standard InChI is InChI=1S/C13H13F2N3O/c14-12(15)19-9-3-1-8(2-4-9)10-7-17-11(18-10)13(16)5-6-13/h1-4,7,12H,5-6,16H2,(H,17,18). The number of ether oxygens (including phenoxy) is 1. The number of imidazole rings is 1. The van der Waals surface area contributed by atoms with Crippen LogP contribution in [0.2, 0.25) is 0 Å². The maximum absolute atomic E-state index is 12.0. The van der Waals surface area contributed by atoms with Crippen LogP contribution in [0, 0.1) is 0 Å². The smallest absolute Gasteiger partial charge is 0.387 e. The minimum absolute atomic E-state index is 0.135. The molecular formula is C13H13F2N3O. The van der Waals surface area contributed by atoms with Crippen LogP contribution in [0.25, 0.3) is 11.3 Å². The molecule has 0 saturated heterocycles. The maximum Gasteiger partial charge on any atom is 0.387 e. The predicted octanol–water partition coefficient (Wildman–Crippen LogP) is 2.63. The molecule has 0 radical (unpaired) electrons. The maximum atomic E-state index is 12.0. The van der Waals surface area contributed by atoms with E-state index in [1.165, 1.54) is 12.1 Å². The van der Waals surface area contributed by atoms with Gasteiger partial charge in [0.05, 0.1) is 17.4 Å². The average molecular weight is 265 g/mol. The van der Waals surface area contributed by atoms with Crippen molar-refractivity contribution >= 4 is 0 Å². The van der Waals surface area contributed by atoms with Gasteiger partial charge >= 0.3 is 6.61 Å². The quantitative estimate of drug-likeness (QED) is 0.893. The fraction of sp³-hybridized carbons (Fsp3) is 0.308. The molecule has 1 fully saturated rings. The second-order valence-corrected chi connectivity index (χ2v) is 4.70. The highest BCUT2D eigenvalue weighted by atomic mass is 19.3. The molecule has 1 saturated carbocycles. The first-order valence-corrected chi connectivity index (χ1v) is 5.96. The molecule has 1 aliphatic carbocycles. The molecule has 0 unspecified atom stereocenters. The summed E-state index contributed by atoms with van der Waals surface area (Å²) in [5.74, 6) is 0.909. The second kappa shape index (κ2) is 4.31. The Hall–Kier alpha value is -1.95. The van der Waals surface area contributed by atoms with Crippen LogP contribution >= 0.6 is 0 Å². The number of nitrogens with two attached hydrogens (primary N) is 1. The first-order valence-electron chi connectivity index (χ1n) is 5.96. The van der Waals surface area contributed by atoms with E-state index in [2.05, 4.69) is 14.7 Å². The largest absolute Gasteiger partial charge is 0.435 e. The number of halogens is 2. The minimum atomic E-state index is -2.81. The molecule has 4 nitrogen and oxygen atoms in total. The van der Waals surface area contributed by atoms with Gasteiger partial charge in [-0.2, -0.15) is 8.78 Å². The van der Waals surface area contributed by atoms with E-state index < -0.39 is 6.61 Å². The van der Waals surface area contributed by atoms with Gasteiger partial charge in [0.25, 0.3) is 0 Å². The Bertz CT molecular complexity index is 576. The molecule has 2 aromatic rings. The lowest BCUT2D eigenvalue weighted by atomic mass is 10.1. The van der Waals surface area contributed by atoms with E-state index in [-0.39, 0.29) is 11.3 Å². The fourth-order valence-corrected chi connectivity index (χ4v) is 1.91. The second-order valence-electron chi connectivity index (χ2n) is 4.70. The normalized spacial score (nSPS) is 16.6. The Labute approximate surface area is 108 Å². The number of hydrogen-bond donors (Lipinski definition) is 2. The third-order valence-corrected chi connectivity index (χ3v) is 3.23. The van der Waals surface area contributed by atoms with E-state index in [0.717, 1.165) is 29.9 Å². The molecular weight excluding hydrogens is 252 g/mol. The van der Waals surface area contributed by atoms with Crippen LogP contribution < -0.4 is 10.5 Å². The van der Waals surface area contributed by atoms with E-state index in [0.29, 0.717) is 0 Å². The van der Waals surface area contributed by atoms with Gasteiger partial charge in [-0.15, -0.1) is 0 Å². The van der Waals surface area contributed by atoms with Gasteiger partial charge in [0.1, 0.15) is 11.6 Å².